The van der Waals surface area contributed by atoms with E-state index in [0.29, 0.717) is 6.54 Å². The zero-order valence-corrected chi connectivity index (χ0v) is 11.3. The molecule has 19 heavy (non-hydrogen) atoms. The highest BCUT2D eigenvalue weighted by Crippen LogP contribution is 2.04. The average molecular weight is 268 g/mol. The molecule has 0 fully saturated rings. The van der Waals surface area contributed by atoms with Gasteiger partial charge in [-0.3, -0.25) is 14.6 Å². The summed E-state index contributed by atoms with van der Waals surface area (Å²) >= 11 is 0. The van der Waals surface area contributed by atoms with Gasteiger partial charge in [0.2, 0.25) is 0 Å². The Morgan fingerprint density at radius 1 is 1.26 bits per heavy atom. The molecule has 0 aliphatic heterocycles. The maximum Gasteiger partial charge on any atom is 0.320 e. The Morgan fingerprint density at radius 2 is 1.74 bits per heavy atom. The lowest BCUT2D eigenvalue weighted by atomic mass is 10.0. The molecular weight excluding hydrogens is 248 g/mol. The number of hydrogen-bond acceptors (Lipinski definition) is 4. The molecule has 6 nitrogen and oxygen atoms in total. The molecule has 0 unspecified atom stereocenters. The number of aromatic nitrogens is 1. The number of nitrogens with one attached hydrogen (secondary N) is 1. The quantitative estimate of drug-likeness (QED) is 0.746. The Labute approximate surface area is 112 Å². The lowest BCUT2D eigenvalue weighted by Gasteiger charge is -2.17. The van der Waals surface area contributed by atoms with Crippen molar-refractivity contribution in [2.24, 2.45) is 5.92 Å². The van der Waals surface area contributed by atoms with E-state index in [0.717, 1.165) is 12.5 Å². The van der Waals surface area contributed by atoms with Crippen LogP contribution >= 0.6 is 0 Å². The van der Waals surface area contributed by atoms with Crippen molar-refractivity contribution >= 4 is 11.9 Å². The van der Waals surface area contributed by atoms with Crippen LogP contribution in [0.15, 0.2) is 24.5 Å². The smallest absolute Gasteiger partial charge is 0.320 e. The maximum atomic E-state index is 10.9. The van der Waals surface area contributed by atoms with E-state index in [2.05, 4.69) is 10.3 Å². The maximum absolute atomic E-state index is 10.9. The second-order valence-corrected chi connectivity index (χ2v) is 4.32. The van der Waals surface area contributed by atoms with Crippen molar-refractivity contribution in [1.29, 1.82) is 0 Å². The van der Waals surface area contributed by atoms with Crippen LogP contribution < -0.4 is 5.32 Å². The standard InChI is InChI=1S/C11H16N2O2.C2H4O2/c1-8(2)10(11(14)15)13-7-9-3-5-12-6-4-9;1-2(3)4/h3-6,8,10,13H,7H2,1-2H3,(H,14,15);1H3,(H,3,4)/t10-;/m1./s1. The van der Waals surface area contributed by atoms with Crippen LogP contribution in [0.4, 0.5) is 0 Å². The molecule has 1 rings (SSSR count). The predicted molar refractivity (Wildman–Crippen MR) is 70.6 cm³/mol. The molecule has 0 aliphatic rings. The first-order valence-electron chi connectivity index (χ1n) is 5.89. The molecule has 3 N–H and O–H groups in total. The molecule has 0 saturated heterocycles. The summed E-state index contributed by atoms with van der Waals surface area (Å²) < 4.78 is 0. The lowest BCUT2D eigenvalue weighted by molar-refractivity contribution is -0.140. The highest BCUT2D eigenvalue weighted by molar-refractivity contribution is 5.73. The summed E-state index contributed by atoms with van der Waals surface area (Å²) in [5, 5.41) is 19.4. The topological polar surface area (TPSA) is 99.5 Å². The van der Waals surface area contributed by atoms with Crippen molar-refractivity contribution in [3.63, 3.8) is 0 Å². The molecule has 6 heteroatoms. The number of nitrogens with zero attached hydrogens (tertiary/aromatic N) is 1. The van der Waals surface area contributed by atoms with Crippen molar-refractivity contribution in [1.82, 2.24) is 10.3 Å². The molecule has 0 spiro atoms. The van der Waals surface area contributed by atoms with Crippen LogP contribution in [0.5, 0.6) is 0 Å². The van der Waals surface area contributed by atoms with Crippen molar-refractivity contribution in [2.45, 2.75) is 33.4 Å². The first kappa shape index (κ1) is 17.1. The van der Waals surface area contributed by atoms with Gasteiger partial charge in [0.05, 0.1) is 0 Å². The third kappa shape index (κ3) is 8.73. The fourth-order valence-corrected chi connectivity index (χ4v) is 1.34. The fourth-order valence-electron chi connectivity index (χ4n) is 1.34. The zero-order valence-electron chi connectivity index (χ0n) is 11.3. The number of carboxylic acid groups (broad SMARTS) is 2. The van der Waals surface area contributed by atoms with Crippen LogP contribution in [0, 0.1) is 5.92 Å². The van der Waals surface area contributed by atoms with Crippen LogP contribution in [0.3, 0.4) is 0 Å². The van der Waals surface area contributed by atoms with Crippen molar-refractivity contribution in [3.8, 4) is 0 Å². The third-order valence-corrected chi connectivity index (χ3v) is 2.21. The summed E-state index contributed by atoms with van der Waals surface area (Å²) in [5.41, 5.74) is 1.04. The Kier molecular flexibility index (Phi) is 8.12. The van der Waals surface area contributed by atoms with Gasteiger partial charge >= 0.3 is 5.97 Å². The molecule has 1 aromatic rings. The summed E-state index contributed by atoms with van der Waals surface area (Å²) in [6, 6.07) is 3.23. The molecule has 1 heterocycles. The molecule has 0 aliphatic carbocycles. The Morgan fingerprint density at radius 3 is 2.11 bits per heavy atom. The normalized spacial score (nSPS) is 11.4. The molecule has 0 saturated carbocycles. The van der Waals surface area contributed by atoms with E-state index in [-0.39, 0.29) is 5.92 Å². The van der Waals surface area contributed by atoms with Gasteiger partial charge in [-0.2, -0.15) is 0 Å². The minimum Gasteiger partial charge on any atom is -0.481 e. The Bertz CT molecular complexity index is 389. The van der Waals surface area contributed by atoms with E-state index in [1.807, 2.05) is 26.0 Å². The van der Waals surface area contributed by atoms with Crippen LogP contribution in [-0.4, -0.2) is 33.2 Å². The Balaban J connectivity index is 0.000000711. The average Bonchev–Trinajstić information content (AvgIpc) is 2.28. The molecule has 1 aromatic heterocycles. The monoisotopic (exact) mass is 268 g/mol. The van der Waals surface area contributed by atoms with Crippen LogP contribution in [0.2, 0.25) is 0 Å². The highest BCUT2D eigenvalue weighted by Gasteiger charge is 2.20. The van der Waals surface area contributed by atoms with E-state index in [1.165, 1.54) is 0 Å². The molecule has 0 radical (unpaired) electrons. The van der Waals surface area contributed by atoms with E-state index < -0.39 is 18.0 Å². The van der Waals surface area contributed by atoms with Gasteiger partial charge in [-0.1, -0.05) is 13.8 Å². The van der Waals surface area contributed by atoms with Gasteiger partial charge in [-0.15, -0.1) is 0 Å². The first-order chi connectivity index (χ1) is 8.84. The van der Waals surface area contributed by atoms with Gasteiger partial charge < -0.3 is 15.5 Å². The third-order valence-electron chi connectivity index (χ3n) is 2.21. The largest absolute Gasteiger partial charge is 0.481 e. The van der Waals surface area contributed by atoms with Crippen LogP contribution in [-0.2, 0) is 16.1 Å². The van der Waals surface area contributed by atoms with Gasteiger partial charge in [0.15, 0.2) is 0 Å². The number of rotatable bonds is 5. The SMILES string of the molecule is CC(=O)O.CC(C)[C@@H](NCc1ccncc1)C(=O)O. The van der Waals surface area contributed by atoms with Crippen molar-refractivity contribution in [2.75, 3.05) is 0 Å². The fraction of sp³-hybridized carbons (Fsp3) is 0.462. The first-order valence-corrected chi connectivity index (χ1v) is 5.89. The van der Waals surface area contributed by atoms with Crippen LogP contribution in [0.1, 0.15) is 26.3 Å². The number of carboxylic acids is 2. The molecular formula is C13H20N2O4. The van der Waals surface area contributed by atoms with E-state index in [1.54, 1.807) is 12.4 Å². The van der Waals surface area contributed by atoms with Gasteiger partial charge in [0.25, 0.3) is 5.97 Å². The summed E-state index contributed by atoms with van der Waals surface area (Å²) in [6.07, 6.45) is 3.39. The molecule has 0 bridgehead atoms. The number of pyridine rings is 1. The second kappa shape index (κ2) is 9.04. The molecule has 1 atom stereocenters. The molecule has 0 amide bonds. The van der Waals surface area contributed by atoms with E-state index >= 15 is 0 Å². The van der Waals surface area contributed by atoms with Crippen molar-refractivity contribution in [3.05, 3.63) is 30.1 Å². The van der Waals surface area contributed by atoms with Gasteiger partial charge in [-0.25, -0.2) is 0 Å². The van der Waals surface area contributed by atoms with Crippen LogP contribution in [0.25, 0.3) is 0 Å². The van der Waals surface area contributed by atoms with Gasteiger partial charge in [-0.05, 0) is 23.6 Å². The minimum atomic E-state index is -0.833. The van der Waals surface area contributed by atoms with Gasteiger partial charge in [0.1, 0.15) is 6.04 Å². The summed E-state index contributed by atoms with van der Waals surface area (Å²) in [5.74, 6) is -1.57. The Hall–Kier alpha value is -1.95. The summed E-state index contributed by atoms with van der Waals surface area (Å²) in [6.45, 7) is 5.41. The lowest BCUT2D eigenvalue weighted by Crippen LogP contribution is -2.40. The van der Waals surface area contributed by atoms with E-state index in [9.17, 15) is 4.79 Å². The van der Waals surface area contributed by atoms with Gasteiger partial charge in [0, 0.05) is 25.9 Å². The van der Waals surface area contributed by atoms with E-state index in [4.69, 9.17) is 15.0 Å². The molecule has 0 aromatic carbocycles. The zero-order chi connectivity index (χ0) is 14.8. The number of carbonyl (C=O) groups is 2. The highest BCUT2D eigenvalue weighted by atomic mass is 16.4. The minimum absolute atomic E-state index is 0.0735. The predicted octanol–water partition coefficient (Wildman–Crippen LogP) is 1.37. The van der Waals surface area contributed by atoms with Crippen molar-refractivity contribution < 1.29 is 19.8 Å². The summed E-state index contributed by atoms with van der Waals surface area (Å²) in [7, 11) is 0. The summed E-state index contributed by atoms with van der Waals surface area (Å²) in [4.78, 5) is 23.8. The second-order valence-electron chi connectivity index (χ2n) is 4.32. The number of aliphatic carboxylic acids is 2. The number of hydrogen-bond donors (Lipinski definition) is 3. The molecule has 106 valence electrons.